The van der Waals surface area contributed by atoms with E-state index in [0.717, 1.165) is 37.6 Å². The molecule has 0 spiro atoms. The maximum atomic E-state index is 11.4. The van der Waals surface area contributed by atoms with E-state index in [-0.39, 0.29) is 11.5 Å². The summed E-state index contributed by atoms with van der Waals surface area (Å²) in [5.41, 5.74) is 9.10. The number of esters is 1. The summed E-state index contributed by atoms with van der Waals surface area (Å²) in [6.45, 7) is 3.52. The van der Waals surface area contributed by atoms with Gasteiger partial charge in [0.15, 0.2) is 0 Å². The molecule has 0 bridgehead atoms. The first-order chi connectivity index (χ1) is 13.5. The van der Waals surface area contributed by atoms with Gasteiger partial charge in [-0.05, 0) is 36.4 Å². The van der Waals surface area contributed by atoms with Gasteiger partial charge in [-0.25, -0.2) is 4.79 Å². The van der Waals surface area contributed by atoms with Crippen LogP contribution in [0.25, 0.3) is 0 Å². The summed E-state index contributed by atoms with van der Waals surface area (Å²) < 4.78 is 4.72. The topological polar surface area (TPSA) is 108 Å². The Labute approximate surface area is 163 Å². The lowest BCUT2D eigenvalue weighted by atomic mass is 10.1. The highest BCUT2D eigenvalue weighted by molar-refractivity contribution is 5.91. The van der Waals surface area contributed by atoms with Crippen molar-refractivity contribution in [3.63, 3.8) is 0 Å². The van der Waals surface area contributed by atoms with Crippen LogP contribution in [0.1, 0.15) is 10.4 Å². The number of nitrogens with one attached hydrogen (secondary N) is 1. The Hall–Kier alpha value is -3.26. The monoisotopic (exact) mass is 384 g/mol. The number of methoxy groups -OCH3 is 1. The lowest BCUT2D eigenvalue weighted by molar-refractivity contribution is -0.142. The summed E-state index contributed by atoms with van der Waals surface area (Å²) in [7, 11) is 1.40. The number of carboxylic acid groups (broad SMARTS) is 1. The standard InChI is InChI=1S/C20H24N4O4/c1-28-19(25)13-23-7-9-24(10-8-23)16-4-2-3-15(12-16)22-18-6-5-14(20(26)27)11-17(18)21/h2-6,11-12,22H,7-10,13,21H2,1H3,(H,26,27). The minimum atomic E-state index is -1.01. The van der Waals surface area contributed by atoms with Crippen molar-refractivity contribution in [2.75, 3.05) is 55.8 Å². The van der Waals surface area contributed by atoms with Crippen LogP contribution in [-0.4, -0.2) is 61.8 Å². The first kappa shape index (κ1) is 19.5. The van der Waals surface area contributed by atoms with E-state index in [1.807, 2.05) is 24.3 Å². The first-order valence-corrected chi connectivity index (χ1v) is 9.00. The van der Waals surface area contributed by atoms with Crippen LogP contribution in [0.4, 0.5) is 22.7 Å². The lowest BCUT2D eigenvalue weighted by Gasteiger charge is -2.35. The van der Waals surface area contributed by atoms with E-state index in [9.17, 15) is 9.59 Å². The van der Waals surface area contributed by atoms with Crippen LogP contribution in [0.2, 0.25) is 0 Å². The average molecular weight is 384 g/mol. The predicted molar refractivity (Wildman–Crippen MR) is 108 cm³/mol. The number of aromatic carboxylic acids is 1. The number of rotatable bonds is 6. The minimum Gasteiger partial charge on any atom is -0.478 e. The Morgan fingerprint density at radius 1 is 1.14 bits per heavy atom. The number of nitrogens with zero attached hydrogens (tertiary/aromatic N) is 2. The van der Waals surface area contributed by atoms with Gasteiger partial charge in [0.2, 0.25) is 0 Å². The Bertz CT molecular complexity index is 863. The molecule has 1 aliphatic rings. The number of hydrogen-bond donors (Lipinski definition) is 3. The van der Waals surface area contributed by atoms with Crippen LogP contribution >= 0.6 is 0 Å². The van der Waals surface area contributed by atoms with Gasteiger partial charge in [-0.2, -0.15) is 0 Å². The zero-order valence-corrected chi connectivity index (χ0v) is 15.7. The maximum Gasteiger partial charge on any atom is 0.335 e. The van der Waals surface area contributed by atoms with E-state index in [1.54, 1.807) is 6.07 Å². The van der Waals surface area contributed by atoms with E-state index in [1.165, 1.54) is 19.2 Å². The third-order valence-electron chi connectivity index (χ3n) is 4.74. The molecule has 148 valence electrons. The van der Waals surface area contributed by atoms with Crippen LogP contribution in [0.5, 0.6) is 0 Å². The molecule has 2 aromatic rings. The van der Waals surface area contributed by atoms with Gasteiger partial charge in [0, 0.05) is 37.6 Å². The number of nitrogen functional groups attached to an aromatic ring is 1. The summed E-state index contributed by atoms with van der Waals surface area (Å²) in [6.07, 6.45) is 0. The second-order valence-corrected chi connectivity index (χ2v) is 6.62. The van der Waals surface area contributed by atoms with Crippen molar-refractivity contribution in [2.45, 2.75) is 0 Å². The molecule has 1 heterocycles. The summed E-state index contributed by atoms with van der Waals surface area (Å²) in [5, 5.41) is 12.3. The van der Waals surface area contributed by atoms with Crippen molar-refractivity contribution >= 4 is 34.7 Å². The van der Waals surface area contributed by atoms with Gasteiger partial charge in [0.1, 0.15) is 0 Å². The Balaban J connectivity index is 1.65. The summed E-state index contributed by atoms with van der Waals surface area (Å²) >= 11 is 0. The molecule has 0 aliphatic carbocycles. The van der Waals surface area contributed by atoms with Gasteiger partial charge in [-0.3, -0.25) is 9.69 Å². The smallest absolute Gasteiger partial charge is 0.335 e. The van der Waals surface area contributed by atoms with Crippen molar-refractivity contribution in [1.82, 2.24) is 4.90 Å². The van der Waals surface area contributed by atoms with Gasteiger partial charge in [0.05, 0.1) is 30.6 Å². The van der Waals surface area contributed by atoms with E-state index < -0.39 is 5.97 Å². The van der Waals surface area contributed by atoms with Gasteiger partial charge >= 0.3 is 11.9 Å². The largest absolute Gasteiger partial charge is 0.478 e. The SMILES string of the molecule is COC(=O)CN1CCN(c2cccc(Nc3ccc(C(=O)O)cc3N)c2)CC1. The van der Waals surface area contributed by atoms with Gasteiger partial charge in [-0.1, -0.05) is 6.07 Å². The highest BCUT2D eigenvalue weighted by atomic mass is 16.5. The van der Waals surface area contributed by atoms with Crippen LogP contribution in [0, 0.1) is 0 Å². The normalized spacial score (nSPS) is 14.5. The summed E-state index contributed by atoms with van der Waals surface area (Å²) in [5.74, 6) is -1.22. The minimum absolute atomic E-state index is 0.154. The number of anilines is 4. The van der Waals surface area contributed by atoms with Crippen LogP contribution < -0.4 is 16.0 Å². The fraction of sp³-hybridized carbons (Fsp3) is 0.300. The van der Waals surface area contributed by atoms with Crippen molar-refractivity contribution in [2.24, 2.45) is 0 Å². The zero-order valence-electron chi connectivity index (χ0n) is 15.7. The first-order valence-electron chi connectivity index (χ1n) is 9.00. The van der Waals surface area contributed by atoms with Gasteiger partial charge < -0.3 is 25.8 Å². The molecular formula is C20H24N4O4. The number of carbonyl (C=O) groups excluding carboxylic acids is 1. The third-order valence-corrected chi connectivity index (χ3v) is 4.74. The molecule has 0 amide bonds. The van der Waals surface area contributed by atoms with E-state index in [0.29, 0.717) is 17.9 Å². The third kappa shape index (κ3) is 4.72. The summed E-state index contributed by atoms with van der Waals surface area (Å²) in [4.78, 5) is 26.8. The highest BCUT2D eigenvalue weighted by Gasteiger charge is 2.19. The maximum absolute atomic E-state index is 11.4. The second kappa shape index (κ2) is 8.62. The molecule has 0 saturated carbocycles. The molecule has 28 heavy (non-hydrogen) atoms. The molecule has 1 aliphatic heterocycles. The van der Waals surface area contributed by atoms with E-state index >= 15 is 0 Å². The number of benzene rings is 2. The molecule has 8 nitrogen and oxygen atoms in total. The molecular weight excluding hydrogens is 360 g/mol. The second-order valence-electron chi connectivity index (χ2n) is 6.62. The molecule has 0 radical (unpaired) electrons. The fourth-order valence-corrected chi connectivity index (χ4v) is 3.16. The van der Waals surface area contributed by atoms with Crippen molar-refractivity contribution in [3.8, 4) is 0 Å². The molecule has 2 aromatic carbocycles. The van der Waals surface area contributed by atoms with E-state index in [4.69, 9.17) is 15.6 Å². The molecule has 0 aromatic heterocycles. The average Bonchev–Trinajstić information content (AvgIpc) is 2.70. The Morgan fingerprint density at radius 2 is 1.89 bits per heavy atom. The number of nitrogens with two attached hydrogens (primary N) is 1. The highest BCUT2D eigenvalue weighted by Crippen LogP contribution is 2.27. The number of carboxylic acids is 1. The Kier molecular flexibility index (Phi) is 6.00. The molecule has 3 rings (SSSR count). The molecule has 0 atom stereocenters. The van der Waals surface area contributed by atoms with Crippen molar-refractivity contribution in [3.05, 3.63) is 48.0 Å². The number of piperazine rings is 1. The molecule has 8 heteroatoms. The molecule has 4 N–H and O–H groups in total. The lowest BCUT2D eigenvalue weighted by Crippen LogP contribution is -2.48. The molecule has 1 fully saturated rings. The van der Waals surface area contributed by atoms with Gasteiger partial charge in [-0.15, -0.1) is 0 Å². The van der Waals surface area contributed by atoms with Crippen molar-refractivity contribution < 1.29 is 19.4 Å². The predicted octanol–water partition coefficient (Wildman–Crippen LogP) is 2.01. The zero-order chi connectivity index (χ0) is 20.1. The summed E-state index contributed by atoms with van der Waals surface area (Å²) in [6, 6.07) is 12.6. The van der Waals surface area contributed by atoms with Crippen molar-refractivity contribution in [1.29, 1.82) is 0 Å². The fourth-order valence-electron chi connectivity index (χ4n) is 3.16. The number of carbonyl (C=O) groups is 2. The molecule has 1 saturated heterocycles. The van der Waals surface area contributed by atoms with Crippen LogP contribution in [-0.2, 0) is 9.53 Å². The number of ether oxygens (including phenoxy) is 1. The Morgan fingerprint density at radius 3 is 2.54 bits per heavy atom. The number of hydrogen-bond acceptors (Lipinski definition) is 7. The quantitative estimate of drug-likeness (QED) is 0.513. The van der Waals surface area contributed by atoms with Gasteiger partial charge in [0.25, 0.3) is 0 Å². The molecule has 0 unspecified atom stereocenters. The van der Waals surface area contributed by atoms with E-state index in [2.05, 4.69) is 15.1 Å². The van der Waals surface area contributed by atoms with Crippen LogP contribution in [0.15, 0.2) is 42.5 Å². The van der Waals surface area contributed by atoms with Crippen LogP contribution in [0.3, 0.4) is 0 Å².